The van der Waals surface area contributed by atoms with Gasteiger partial charge in [0.1, 0.15) is 0 Å². The molecule has 7 nitrogen and oxygen atoms in total. The molecule has 2 amide bonds. The second-order valence-corrected chi connectivity index (χ2v) is 6.48. The minimum atomic E-state index is -0.419. The average molecular weight is 418 g/mol. The van der Waals surface area contributed by atoms with E-state index in [0.717, 1.165) is 15.7 Å². The lowest BCUT2D eigenvalue weighted by Crippen LogP contribution is -2.28. The van der Waals surface area contributed by atoms with Gasteiger partial charge in [0.25, 0.3) is 5.91 Å². The van der Waals surface area contributed by atoms with Gasteiger partial charge in [-0.3, -0.25) is 9.59 Å². The van der Waals surface area contributed by atoms with Crippen LogP contribution in [-0.2, 0) is 4.79 Å². The smallest absolute Gasteiger partial charge is 0.273 e. The van der Waals surface area contributed by atoms with E-state index in [0.29, 0.717) is 11.5 Å². The van der Waals surface area contributed by atoms with Gasteiger partial charge in [-0.15, -0.1) is 0 Å². The molecule has 1 aromatic carbocycles. The molecular weight excluding hydrogens is 402 g/mol. The molecule has 0 aliphatic rings. The standard InChI is InChI=1S/C18H16BrN3O4/c1-11-4-5-12(19)9-13(11)21-17(23)6-7-20-18(24)14-10-16(26-22-14)15-3-2-8-25-15/h2-5,8-10H,6-7H2,1H3,(H,20,24)(H,21,23). The summed E-state index contributed by atoms with van der Waals surface area (Å²) in [7, 11) is 0. The van der Waals surface area contributed by atoms with Gasteiger partial charge in [0.05, 0.1) is 6.26 Å². The Bertz CT molecular complexity index is 918. The van der Waals surface area contributed by atoms with E-state index in [2.05, 4.69) is 31.7 Å². The van der Waals surface area contributed by atoms with Crippen molar-refractivity contribution in [3.8, 4) is 11.5 Å². The van der Waals surface area contributed by atoms with Crippen molar-refractivity contribution in [2.75, 3.05) is 11.9 Å². The third-order valence-corrected chi connectivity index (χ3v) is 4.11. The number of rotatable bonds is 6. The summed E-state index contributed by atoms with van der Waals surface area (Å²) in [6, 6.07) is 10.5. The molecular formula is C18H16BrN3O4. The van der Waals surface area contributed by atoms with Crippen molar-refractivity contribution in [2.24, 2.45) is 0 Å². The average Bonchev–Trinajstić information content (AvgIpc) is 3.28. The van der Waals surface area contributed by atoms with E-state index in [1.54, 1.807) is 12.1 Å². The Balaban J connectivity index is 1.49. The van der Waals surface area contributed by atoms with Crippen LogP contribution in [0.3, 0.4) is 0 Å². The van der Waals surface area contributed by atoms with Gasteiger partial charge in [0.2, 0.25) is 11.7 Å². The topological polar surface area (TPSA) is 97.4 Å². The van der Waals surface area contributed by atoms with Gasteiger partial charge < -0.3 is 19.6 Å². The lowest BCUT2D eigenvalue weighted by atomic mass is 10.2. The first kappa shape index (κ1) is 17.9. The Morgan fingerprint density at radius 1 is 1.19 bits per heavy atom. The minimum Gasteiger partial charge on any atom is -0.461 e. The van der Waals surface area contributed by atoms with Crippen LogP contribution >= 0.6 is 15.9 Å². The molecule has 134 valence electrons. The van der Waals surface area contributed by atoms with Crippen molar-refractivity contribution in [2.45, 2.75) is 13.3 Å². The molecule has 0 bridgehead atoms. The van der Waals surface area contributed by atoms with Crippen molar-refractivity contribution in [3.63, 3.8) is 0 Å². The molecule has 3 rings (SSSR count). The first-order chi connectivity index (χ1) is 12.5. The zero-order valence-corrected chi connectivity index (χ0v) is 15.5. The highest BCUT2D eigenvalue weighted by Gasteiger charge is 2.15. The quantitative estimate of drug-likeness (QED) is 0.635. The van der Waals surface area contributed by atoms with Crippen molar-refractivity contribution in [3.05, 3.63) is 58.4 Å². The molecule has 0 spiro atoms. The van der Waals surface area contributed by atoms with Gasteiger partial charge in [-0.05, 0) is 36.8 Å². The van der Waals surface area contributed by atoms with E-state index in [1.165, 1.54) is 12.3 Å². The lowest BCUT2D eigenvalue weighted by Gasteiger charge is -2.09. The summed E-state index contributed by atoms with van der Waals surface area (Å²) in [6.07, 6.45) is 1.64. The second-order valence-electron chi connectivity index (χ2n) is 5.57. The molecule has 3 aromatic rings. The number of benzene rings is 1. The summed E-state index contributed by atoms with van der Waals surface area (Å²) in [5.74, 6) is 0.240. The number of nitrogens with zero attached hydrogens (tertiary/aromatic N) is 1. The van der Waals surface area contributed by atoms with Crippen LogP contribution in [0.25, 0.3) is 11.5 Å². The monoisotopic (exact) mass is 417 g/mol. The predicted molar refractivity (Wildman–Crippen MR) is 98.7 cm³/mol. The number of furan rings is 1. The fraction of sp³-hybridized carbons (Fsp3) is 0.167. The number of hydrogen-bond donors (Lipinski definition) is 2. The number of amides is 2. The molecule has 0 atom stereocenters. The van der Waals surface area contributed by atoms with Crippen molar-refractivity contribution >= 4 is 33.4 Å². The third kappa shape index (κ3) is 4.40. The van der Waals surface area contributed by atoms with Crippen molar-refractivity contribution in [1.29, 1.82) is 0 Å². The highest BCUT2D eigenvalue weighted by Crippen LogP contribution is 2.21. The van der Waals surface area contributed by atoms with Gasteiger partial charge in [-0.25, -0.2) is 0 Å². The molecule has 0 unspecified atom stereocenters. The summed E-state index contributed by atoms with van der Waals surface area (Å²) >= 11 is 3.37. The molecule has 26 heavy (non-hydrogen) atoms. The van der Waals surface area contributed by atoms with E-state index < -0.39 is 5.91 Å². The van der Waals surface area contributed by atoms with Gasteiger partial charge in [-0.2, -0.15) is 0 Å². The SMILES string of the molecule is Cc1ccc(Br)cc1NC(=O)CCNC(=O)c1cc(-c2ccco2)on1. The van der Waals surface area contributed by atoms with Crippen LogP contribution in [0.2, 0.25) is 0 Å². The number of halogens is 1. The Morgan fingerprint density at radius 3 is 2.81 bits per heavy atom. The summed E-state index contributed by atoms with van der Waals surface area (Å²) in [6.45, 7) is 2.09. The largest absolute Gasteiger partial charge is 0.461 e. The van der Waals surface area contributed by atoms with Gasteiger partial charge in [0.15, 0.2) is 11.5 Å². The molecule has 8 heteroatoms. The molecule has 2 heterocycles. The van der Waals surface area contributed by atoms with Gasteiger partial charge >= 0.3 is 0 Å². The van der Waals surface area contributed by atoms with E-state index in [1.807, 2.05) is 25.1 Å². The number of hydrogen-bond acceptors (Lipinski definition) is 5. The Labute approximate surface area is 157 Å². The van der Waals surface area contributed by atoms with E-state index in [9.17, 15) is 9.59 Å². The third-order valence-electron chi connectivity index (χ3n) is 3.62. The Morgan fingerprint density at radius 2 is 2.04 bits per heavy atom. The van der Waals surface area contributed by atoms with Gasteiger partial charge in [0, 0.05) is 29.2 Å². The van der Waals surface area contributed by atoms with Crippen molar-refractivity contribution in [1.82, 2.24) is 10.5 Å². The fourth-order valence-corrected chi connectivity index (χ4v) is 2.60. The summed E-state index contributed by atoms with van der Waals surface area (Å²) in [5, 5.41) is 9.16. The molecule has 0 saturated carbocycles. The van der Waals surface area contributed by atoms with Crippen LogP contribution in [0.1, 0.15) is 22.5 Å². The maximum atomic E-state index is 12.1. The second kappa shape index (κ2) is 8.01. The number of aryl methyl sites for hydroxylation is 1. The summed E-state index contributed by atoms with van der Waals surface area (Å²) in [5.41, 5.74) is 1.81. The number of carbonyl (C=O) groups excluding carboxylic acids is 2. The number of aromatic nitrogens is 1. The molecule has 0 radical (unpaired) electrons. The van der Waals surface area contributed by atoms with Crippen LogP contribution in [0.5, 0.6) is 0 Å². The number of anilines is 1. The molecule has 0 aliphatic heterocycles. The predicted octanol–water partition coefficient (Wildman–Crippen LogP) is 3.76. The van der Waals surface area contributed by atoms with Crippen LogP contribution < -0.4 is 10.6 Å². The minimum absolute atomic E-state index is 0.125. The Kier molecular flexibility index (Phi) is 5.52. The number of nitrogens with one attached hydrogen (secondary N) is 2. The molecule has 2 aromatic heterocycles. The maximum Gasteiger partial charge on any atom is 0.273 e. The molecule has 2 N–H and O–H groups in total. The summed E-state index contributed by atoms with van der Waals surface area (Å²) in [4.78, 5) is 24.1. The highest BCUT2D eigenvalue weighted by atomic mass is 79.9. The zero-order valence-electron chi connectivity index (χ0n) is 13.9. The van der Waals surface area contributed by atoms with E-state index in [-0.39, 0.29) is 24.6 Å². The number of carbonyl (C=O) groups is 2. The van der Waals surface area contributed by atoms with E-state index in [4.69, 9.17) is 8.94 Å². The Hall–Kier alpha value is -2.87. The maximum absolute atomic E-state index is 12.1. The first-order valence-electron chi connectivity index (χ1n) is 7.88. The van der Waals surface area contributed by atoms with Crippen molar-refractivity contribution < 1.29 is 18.5 Å². The highest BCUT2D eigenvalue weighted by molar-refractivity contribution is 9.10. The van der Waals surface area contributed by atoms with Gasteiger partial charge in [-0.1, -0.05) is 27.2 Å². The molecule has 0 fully saturated rings. The molecule has 0 saturated heterocycles. The summed E-state index contributed by atoms with van der Waals surface area (Å²) < 4.78 is 11.1. The van der Waals surface area contributed by atoms with E-state index >= 15 is 0 Å². The van der Waals surface area contributed by atoms with Crippen LogP contribution in [0, 0.1) is 6.92 Å². The molecule has 0 aliphatic carbocycles. The lowest BCUT2D eigenvalue weighted by molar-refractivity contribution is -0.116. The van der Waals surface area contributed by atoms with Crippen LogP contribution in [0.4, 0.5) is 5.69 Å². The van der Waals surface area contributed by atoms with Crippen LogP contribution in [0.15, 0.2) is 56.1 Å². The zero-order chi connectivity index (χ0) is 18.5. The van der Waals surface area contributed by atoms with Crippen LogP contribution in [-0.4, -0.2) is 23.5 Å². The normalized spacial score (nSPS) is 10.5. The fourth-order valence-electron chi connectivity index (χ4n) is 2.24. The first-order valence-corrected chi connectivity index (χ1v) is 8.67.